The van der Waals surface area contributed by atoms with E-state index >= 15 is 0 Å². The number of hydrogen-bond donors (Lipinski definition) is 1. The van der Waals surface area contributed by atoms with E-state index in [-0.39, 0.29) is 13.0 Å². The van der Waals surface area contributed by atoms with E-state index in [1.165, 1.54) is 0 Å². The Balaban J connectivity index is 2.92. The molecule has 0 fully saturated rings. The summed E-state index contributed by atoms with van der Waals surface area (Å²) in [7, 11) is 0. The zero-order valence-electron chi connectivity index (χ0n) is 11.1. The Morgan fingerprint density at radius 1 is 0.778 bits per heavy atom. The van der Waals surface area contributed by atoms with Crippen molar-refractivity contribution in [3.05, 3.63) is 0 Å². The van der Waals surface area contributed by atoms with Gasteiger partial charge in [-0.05, 0) is 6.42 Å². The smallest absolute Gasteiger partial charge is 0.305 e. The SMILES string of the molecule is CCCOCCOCCOCCOCCC(=O)O. The molecule has 0 unspecified atom stereocenters. The first-order valence-corrected chi connectivity index (χ1v) is 6.30. The molecular formula is C12H24O6. The standard InChI is InChI=1S/C12H24O6/c1-2-4-15-6-8-17-10-11-18-9-7-16-5-3-12(13)14/h2-11H2,1H3,(H,13,14). The molecule has 0 amide bonds. The van der Waals surface area contributed by atoms with Gasteiger partial charge in [-0.1, -0.05) is 6.92 Å². The molecule has 0 saturated carbocycles. The predicted octanol–water partition coefficient (Wildman–Crippen LogP) is 0.937. The normalized spacial score (nSPS) is 10.7. The molecule has 0 aliphatic rings. The molecule has 0 bridgehead atoms. The van der Waals surface area contributed by atoms with Crippen LogP contribution in [0.15, 0.2) is 0 Å². The van der Waals surface area contributed by atoms with Crippen molar-refractivity contribution in [3.63, 3.8) is 0 Å². The third-order valence-electron chi connectivity index (χ3n) is 1.92. The zero-order chi connectivity index (χ0) is 13.5. The number of aliphatic carboxylic acids is 1. The number of hydrogen-bond acceptors (Lipinski definition) is 5. The quantitative estimate of drug-likeness (QED) is 0.471. The van der Waals surface area contributed by atoms with Gasteiger partial charge in [-0.2, -0.15) is 0 Å². The molecule has 0 heterocycles. The van der Waals surface area contributed by atoms with Gasteiger partial charge >= 0.3 is 5.97 Å². The van der Waals surface area contributed by atoms with Crippen LogP contribution in [-0.2, 0) is 23.7 Å². The van der Waals surface area contributed by atoms with Gasteiger partial charge in [0.15, 0.2) is 0 Å². The average Bonchev–Trinajstić information content (AvgIpc) is 2.34. The van der Waals surface area contributed by atoms with Crippen LogP contribution in [0.4, 0.5) is 0 Å². The Labute approximate surface area is 108 Å². The average molecular weight is 264 g/mol. The van der Waals surface area contributed by atoms with E-state index < -0.39 is 5.97 Å². The fourth-order valence-electron chi connectivity index (χ4n) is 1.07. The van der Waals surface area contributed by atoms with Crippen LogP contribution in [0, 0.1) is 0 Å². The van der Waals surface area contributed by atoms with Crippen LogP contribution in [0.3, 0.4) is 0 Å². The molecule has 0 rings (SSSR count). The van der Waals surface area contributed by atoms with Crippen molar-refractivity contribution in [2.75, 3.05) is 52.9 Å². The van der Waals surface area contributed by atoms with Crippen LogP contribution < -0.4 is 0 Å². The van der Waals surface area contributed by atoms with Crippen LogP contribution >= 0.6 is 0 Å². The van der Waals surface area contributed by atoms with Crippen LogP contribution in [0.5, 0.6) is 0 Å². The molecule has 108 valence electrons. The minimum atomic E-state index is -0.852. The lowest BCUT2D eigenvalue weighted by Crippen LogP contribution is -2.12. The monoisotopic (exact) mass is 264 g/mol. The molecule has 6 nitrogen and oxygen atoms in total. The van der Waals surface area contributed by atoms with Crippen LogP contribution in [0.25, 0.3) is 0 Å². The second-order valence-corrected chi connectivity index (χ2v) is 3.59. The second-order valence-electron chi connectivity index (χ2n) is 3.59. The van der Waals surface area contributed by atoms with Crippen molar-refractivity contribution >= 4 is 5.97 Å². The summed E-state index contributed by atoms with van der Waals surface area (Å²) in [5.74, 6) is -0.852. The molecule has 0 aromatic rings. The molecule has 1 N–H and O–H groups in total. The summed E-state index contributed by atoms with van der Waals surface area (Å²) in [4.78, 5) is 10.2. The fraction of sp³-hybridized carbons (Fsp3) is 0.917. The van der Waals surface area contributed by atoms with Gasteiger partial charge in [0.25, 0.3) is 0 Å². The Morgan fingerprint density at radius 3 is 1.56 bits per heavy atom. The van der Waals surface area contributed by atoms with Crippen LogP contribution in [-0.4, -0.2) is 63.9 Å². The molecule has 0 atom stereocenters. The van der Waals surface area contributed by atoms with E-state index in [9.17, 15) is 4.79 Å². The molecule has 6 heteroatoms. The van der Waals surface area contributed by atoms with E-state index in [0.29, 0.717) is 39.6 Å². The number of carboxylic acids is 1. The lowest BCUT2D eigenvalue weighted by atomic mass is 10.5. The zero-order valence-corrected chi connectivity index (χ0v) is 11.1. The summed E-state index contributed by atoms with van der Waals surface area (Å²) < 4.78 is 20.8. The van der Waals surface area contributed by atoms with Crippen LogP contribution in [0.2, 0.25) is 0 Å². The van der Waals surface area contributed by atoms with Crippen molar-refractivity contribution in [2.45, 2.75) is 19.8 Å². The lowest BCUT2D eigenvalue weighted by Gasteiger charge is -2.06. The third kappa shape index (κ3) is 15.3. The Morgan fingerprint density at radius 2 is 1.17 bits per heavy atom. The van der Waals surface area contributed by atoms with Crippen molar-refractivity contribution in [3.8, 4) is 0 Å². The highest BCUT2D eigenvalue weighted by Gasteiger charge is 1.96. The molecule has 0 aromatic carbocycles. The van der Waals surface area contributed by atoms with Gasteiger partial charge in [-0.25, -0.2) is 0 Å². The van der Waals surface area contributed by atoms with E-state index in [1.54, 1.807) is 0 Å². The molecule has 18 heavy (non-hydrogen) atoms. The highest BCUT2D eigenvalue weighted by atomic mass is 16.6. The molecule has 0 spiro atoms. The van der Waals surface area contributed by atoms with E-state index in [4.69, 9.17) is 24.1 Å². The molecule has 0 saturated heterocycles. The van der Waals surface area contributed by atoms with Crippen molar-refractivity contribution in [2.24, 2.45) is 0 Å². The van der Waals surface area contributed by atoms with Crippen molar-refractivity contribution in [1.82, 2.24) is 0 Å². The Bertz CT molecular complexity index is 185. The first-order chi connectivity index (χ1) is 8.77. The maximum atomic E-state index is 10.2. The summed E-state index contributed by atoms with van der Waals surface area (Å²) in [6.07, 6.45) is 1.05. The summed E-state index contributed by atoms with van der Waals surface area (Å²) >= 11 is 0. The van der Waals surface area contributed by atoms with E-state index in [0.717, 1.165) is 13.0 Å². The molecule has 0 aromatic heterocycles. The number of carboxylic acid groups (broad SMARTS) is 1. The third-order valence-corrected chi connectivity index (χ3v) is 1.92. The summed E-state index contributed by atoms with van der Waals surface area (Å²) in [5.41, 5.74) is 0. The fourth-order valence-corrected chi connectivity index (χ4v) is 1.07. The Kier molecular flexibility index (Phi) is 13.8. The van der Waals surface area contributed by atoms with Gasteiger partial charge in [-0.3, -0.25) is 4.79 Å². The van der Waals surface area contributed by atoms with Crippen LogP contribution in [0.1, 0.15) is 19.8 Å². The molecule has 0 aliphatic carbocycles. The topological polar surface area (TPSA) is 74.2 Å². The lowest BCUT2D eigenvalue weighted by molar-refractivity contribution is -0.138. The maximum absolute atomic E-state index is 10.2. The minimum absolute atomic E-state index is 0.0286. The van der Waals surface area contributed by atoms with E-state index in [2.05, 4.69) is 6.92 Å². The highest BCUT2D eigenvalue weighted by molar-refractivity contribution is 5.66. The van der Waals surface area contributed by atoms with E-state index in [1.807, 2.05) is 0 Å². The second kappa shape index (κ2) is 14.4. The summed E-state index contributed by atoms with van der Waals surface area (Å²) in [5, 5.41) is 8.35. The predicted molar refractivity (Wildman–Crippen MR) is 65.8 cm³/mol. The van der Waals surface area contributed by atoms with Gasteiger partial charge in [0, 0.05) is 6.61 Å². The molecule has 0 radical (unpaired) electrons. The van der Waals surface area contributed by atoms with Crippen molar-refractivity contribution < 1.29 is 28.8 Å². The van der Waals surface area contributed by atoms with Gasteiger partial charge in [-0.15, -0.1) is 0 Å². The summed E-state index contributed by atoms with van der Waals surface area (Å²) in [6.45, 7) is 6.16. The maximum Gasteiger partial charge on any atom is 0.305 e. The Hall–Kier alpha value is -0.690. The first kappa shape index (κ1) is 17.3. The van der Waals surface area contributed by atoms with Gasteiger partial charge in [0.05, 0.1) is 52.7 Å². The van der Waals surface area contributed by atoms with Gasteiger partial charge in [0.1, 0.15) is 0 Å². The largest absolute Gasteiger partial charge is 0.481 e. The van der Waals surface area contributed by atoms with Gasteiger partial charge in [0.2, 0.25) is 0 Å². The number of ether oxygens (including phenoxy) is 4. The highest BCUT2D eigenvalue weighted by Crippen LogP contribution is 1.85. The summed E-state index contributed by atoms with van der Waals surface area (Å²) in [6, 6.07) is 0. The number of carbonyl (C=O) groups is 1. The first-order valence-electron chi connectivity index (χ1n) is 6.30. The van der Waals surface area contributed by atoms with Crippen molar-refractivity contribution in [1.29, 1.82) is 0 Å². The van der Waals surface area contributed by atoms with Gasteiger partial charge < -0.3 is 24.1 Å². The molecule has 0 aliphatic heterocycles. The number of rotatable bonds is 14. The molecular weight excluding hydrogens is 240 g/mol. The minimum Gasteiger partial charge on any atom is -0.481 e.